The first-order valence-electron chi connectivity index (χ1n) is 9.53. The molecular weight excluding hydrogens is 389 g/mol. The van der Waals surface area contributed by atoms with Crippen LogP contribution in [-0.4, -0.2) is 50.2 Å². The molecule has 1 aliphatic heterocycles. The van der Waals surface area contributed by atoms with E-state index < -0.39 is 5.92 Å². The lowest BCUT2D eigenvalue weighted by Gasteiger charge is -2.25. The average molecular weight is 416 g/mol. The zero-order chi connectivity index (χ0) is 21.0. The first-order chi connectivity index (χ1) is 13.9. The molecule has 2 aromatic carbocycles. The van der Waals surface area contributed by atoms with E-state index in [0.29, 0.717) is 13.1 Å². The third-order valence-electron chi connectivity index (χ3n) is 5.21. The van der Waals surface area contributed by atoms with E-state index in [-0.39, 0.29) is 30.1 Å². The Morgan fingerprint density at radius 2 is 2.00 bits per heavy atom. The van der Waals surface area contributed by atoms with E-state index in [4.69, 9.17) is 0 Å². The van der Waals surface area contributed by atoms with Gasteiger partial charge in [0.25, 0.3) is 0 Å². The molecular formula is C22H26FN3O2S. The number of carbonyl (C=O) groups excluding carboxylic acids is 2. The Balaban J connectivity index is 1.62. The van der Waals surface area contributed by atoms with E-state index in [1.807, 2.05) is 55.6 Å². The summed E-state index contributed by atoms with van der Waals surface area (Å²) in [4.78, 5) is 29.9. The molecule has 0 aliphatic carbocycles. The fourth-order valence-corrected chi connectivity index (χ4v) is 3.96. The number of benzene rings is 2. The molecule has 0 spiro atoms. The quantitative estimate of drug-likeness (QED) is 0.705. The van der Waals surface area contributed by atoms with Crippen LogP contribution in [0, 0.1) is 11.7 Å². The van der Waals surface area contributed by atoms with E-state index in [1.54, 1.807) is 22.7 Å². The van der Waals surface area contributed by atoms with E-state index >= 15 is 0 Å². The van der Waals surface area contributed by atoms with Crippen molar-refractivity contribution in [3.8, 4) is 0 Å². The highest BCUT2D eigenvalue weighted by Crippen LogP contribution is 2.27. The third kappa shape index (κ3) is 5.16. The van der Waals surface area contributed by atoms with Gasteiger partial charge in [0.2, 0.25) is 11.8 Å². The highest BCUT2D eigenvalue weighted by Gasteiger charge is 2.35. The Labute approximate surface area is 175 Å². The van der Waals surface area contributed by atoms with Gasteiger partial charge in [0.15, 0.2) is 0 Å². The molecule has 3 rings (SSSR count). The van der Waals surface area contributed by atoms with Crippen LogP contribution in [0.4, 0.5) is 10.1 Å². The second-order valence-electron chi connectivity index (χ2n) is 7.38. The van der Waals surface area contributed by atoms with Crippen molar-refractivity contribution in [3.05, 3.63) is 59.9 Å². The minimum absolute atomic E-state index is 0.0451. The summed E-state index contributed by atoms with van der Waals surface area (Å²) in [6.45, 7) is 0.721. The standard InChI is InChI=1S/C22H26FN3O2S/c1-25(2)20(15-5-4-6-17(23)11-15)13-24-22(28)16-12-21(27)26(14-16)18-7-9-19(29-3)10-8-18/h4-11,16,20H,12-14H2,1-3H3,(H,24,28)/t16-,20+/m0/s1. The highest BCUT2D eigenvalue weighted by atomic mass is 32.2. The van der Waals surface area contributed by atoms with Crippen molar-refractivity contribution < 1.29 is 14.0 Å². The molecule has 5 nitrogen and oxygen atoms in total. The van der Waals surface area contributed by atoms with Gasteiger partial charge in [-0.2, -0.15) is 0 Å². The Kier molecular flexibility index (Phi) is 6.92. The monoisotopic (exact) mass is 415 g/mol. The molecule has 0 bridgehead atoms. The summed E-state index contributed by atoms with van der Waals surface area (Å²) in [5, 5.41) is 2.95. The number of amides is 2. The number of nitrogens with zero attached hydrogens (tertiary/aromatic N) is 2. The molecule has 29 heavy (non-hydrogen) atoms. The molecule has 0 radical (unpaired) electrons. The fourth-order valence-electron chi connectivity index (χ4n) is 3.55. The molecule has 2 amide bonds. The molecule has 1 fully saturated rings. The van der Waals surface area contributed by atoms with Gasteiger partial charge in [-0.3, -0.25) is 9.59 Å². The zero-order valence-corrected chi connectivity index (χ0v) is 17.7. The van der Waals surface area contributed by atoms with Crippen LogP contribution >= 0.6 is 11.8 Å². The molecule has 0 unspecified atom stereocenters. The molecule has 7 heteroatoms. The minimum atomic E-state index is -0.391. The fraction of sp³-hybridized carbons (Fsp3) is 0.364. The Bertz CT molecular complexity index is 873. The zero-order valence-electron chi connectivity index (χ0n) is 16.9. The topological polar surface area (TPSA) is 52.7 Å². The van der Waals surface area contributed by atoms with Crippen molar-refractivity contribution in [2.75, 3.05) is 38.3 Å². The molecule has 1 N–H and O–H groups in total. The van der Waals surface area contributed by atoms with Crippen LogP contribution in [0.5, 0.6) is 0 Å². The molecule has 2 aromatic rings. The molecule has 0 saturated carbocycles. The maximum Gasteiger partial charge on any atom is 0.227 e. The summed E-state index contributed by atoms with van der Waals surface area (Å²) in [5.74, 6) is -0.885. The second-order valence-corrected chi connectivity index (χ2v) is 8.26. The molecule has 2 atom stereocenters. The van der Waals surface area contributed by atoms with E-state index in [9.17, 15) is 14.0 Å². The summed E-state index contributed by atoms with van der Waals surface area (Å²) < 4.78 is 13.6. The number of likely N-dealkylation sites (N-methyl/N-ethyl adjacent to an activating group) is 1. The first-order valence-corrected chi connectivity index (χ1v) is 10.8. The smallest absolute Gasteiger partial charge is 0.227 e. The predicted octanol–water partition coefficient (Wildman–Crippen LogP) is 3.32. The van der Waals surface area contributed by atoms with Crippen molar-refractivity contribution >= 4 is 29.3 Å². The Morgan fingerprint density at radius 1 is 1.28 bits per heavy atom. The van der Waals surface area contributed by atoms with Crippen LogP contribution < -0.4 is 10.2 Å². The maximum absolute atomic E-state index is 13.6. The van der Waals surface area contributed by atoms with Crippen LogP contribution in [0.15, 0.2) is 53.4 Å². The Morgan fingerprint density at radius 3 is 2.62 bits per heavy atom. The molecule has 1 saturated heterocycles. The van der Waals surface area contributed by atoms with Crippen molar-refractivity contribution in [2.24, 2.45) is 5.92 Å². The number of hydrogen-bond donors (Lipinski definition) is 1. The summed E-state index contributed by atoms with van der Waals surface area (Å²) >= 11 is 1.64. The predicted molar refractivity (Wildman–Crippen MR) is 115 cm³/mol. The molecule has 1 heterocycles. The van der Waals surface area contributed by atoms with Crippen molar-refractivity contribution in [3.63, 3.8) is 0 Å². The largest absolute Gasteiger partial charge is 0.354 e. The molecule has 154 valence electrons. The number of hydrogen-bond acceptors (Lipinski definition) is 4. The normalized spacial score (nSPS) is 17.6. The Hall–Kier alpha value is -2.38. The highest BCUT2D eigenvalue weighted by molar-refractivity contribution is 7.98. The number of thioether (sulfide) groups is 1. The minimum Gasteiger partial charge on any atom is -0.354 e. The lowest BCUT2D eigenvalue weighted by atomic mass is 10.0. The summed E-state index contributed by atoms with van der Waals surface area (Å²) in [5.41, 5.74) is 1.61. The van der Waals surface area contributed by atoms with Gasteiger partial charge in [-0.1, -0.05) is 12.1 Å². The van der Waals surface area contributed by atoms with Gasteiger partial charge >= 0.3 is 0 Å². The van der Waals surface area contributed by atoms with Gasteiger partial charge in [0.1, 0.15) is 5.82 Å². The second kappa shape index (κ2) is 9.41. The van der Waals surface area contributed by atoms with Crippen LogP contribution in [0.2, 0.25) is 0 Å². The van der Waals surface area contributed by atoms with Crippen LogP contribution in [0.3, 0.4) is 0 Å². The number of rotatable bonds is 7. The lowest BCUT2D eigenvalue weighted by molar-refractivity contribution is -0.126. The van der Waals surface area contributed by atoms with Crippen molar-refractivity contribution in [2.45, 2.75) is 17.4 Å². The number of nitrogens with one attached hydrogen (secondary N) is 1. The van der Waals surface area contributed by atoms with Crippen molar-refractivity contribution in [1.29, 1.82) is 0 Å². The van der Waals surface area contributed by atoms with Gasteiger partial charge in [0.05, 0.1) is 12.0 Å². The van der Waals surface area contributed by atoms with Crippen molar-refractivity contribution in [1.82, 2.24) is 10.2 Å². The van der Waals surface area contributed by atoms with Gasteiger partial charge in [-0.15, -0.1) is 11.8 Å². The lowest BCUT2D eigenvalue weighted by Crippen LogP contribution is -2.38. The summed E-state index contributed by atoms with van der Waals surface area (Å²) in [6, 6.07) is 14.0. The third-order valence-corrected chi connectivity index (χ3v) is 5.95. The number of anilines is 1. The van der Waals surface area contributed by atoms with Crippen LogP contribution in [-0.2, 0) is 9.59 Å². The number of halogens is 1. The molecule has 1 aliphatic rings. The SMILES string of the molecule is CSc1ccc(N2C[C@@H](C(=O)NC[C@H](c3cccc(F)c3)N(C)C)CC2=O)cc1. The summed E-state index contributed by atoms with van der Waals surface area (Å²) in [7, 11) is 3.78. The first kappa shape index (κ1) is 21.3. The summed E-state index contributed by atoms with van der Waals surface area (Å²) in [6.07, 6.45) is 2.20. The van der Waals surface area contributed by atoms with E-state index in [1.165, 1.54) is 12.1 Å². The van der Waals surface area contributed by atoms with Gasteiger partial charge in [-0.05, 0) is 62.3 Å². The molecule has 0 aromatic heterocycles. The van der Waals surface area contributed by atoms with Gasteiger partial charge in [-0.25, -0.2) is 4.39 Å². The van der Waals surface area contributed by atoms with E-state index in [2.05, 4.69) is 5.32 Å². The maximum atomic E-state index is 13.6. The van der Waals surface area contributed by atoms with Gasteiger partial charge in [0, 0.05) is 30.1 Å². The van der Waals surface area contributed by atoms with Gasteiger partial charge < -0.3 is 15.1 Å². The van der Waals surface area contributed by atoms with Crippen LogP contribution in [0.25, 0.3) is 0 Å². The van der Waals surface area contributed by atoms with E-state index in [0.717, 1.165) is 16.1 Å². The average Bonchev–Trinajstić information content (AvgIpc) is 3.09. The van der Waals surface area contributed by atoms with Crippen LogP contribution in [0.1, 0.15) is 18.0 Å². The number of carbonyl (C=O) groups is 2.